The fourth-order valence-corrected chi connectivity index (χ4v) is 4.17. The van der Waals surface area contributed by atoms with Crippen LogP contribution in [0.3, 0.4) is 0 Å². The molecule has 0 aliphatic heterocycles. The summed E-state index contributed by atoms with van der Waals surface area (Å²) in [6.07, 6.45) is 1.96. The Kier molecular flexibility index (Phi) is 7.43. The maximum absolute atomic E-state index is 12.6. The summed E-state index contributed by atoms with van der Waals surface area (Å²) in [7, 11) is -2.27. The highest BCUT2D eigenvalue weighted by molar-refractivity contribution is 7.98. The zero-order chi connectivity index (χ0) is 22.3. The largest absolute Gasteiger partial charge is 0.497 e. The van der Waals surface area contributed by atoms with E-state index in [9.17, 15) is 13.2 Å². The van der Waals surface area contributed by atoms with Crippen LogP contribution in [0.2, 0.25) is 0 Å². The van der Waals surface area contributed by atoms with E-state index in [2.05, 4.69) is 10.0 Å². The summed E-state index contributed by atoms with van der Waals surface area (Å²) in [4.78, 5) is 13.2. The van der Waals surface area contributed by atoms with Crippen LogP contribution in [0.4, 0.5) is 11.4 Å². The molecule has 162 valence electrons. The number of amides is 1. The minimum absolute atomic E-state index is 0.0704. The van der Waals surface area contributed by atoms with Gasteiger partial charge in [-0.3, -0.25) is 9.52 Å². The van der Waals surface area contributed by atoms with Crippen molar-refractivity contribution in [1.29, 1.82) is 0 Å². The van der Waals surface area contributed by atoms with Gasteiger partial charge >= 0.3 is 0 Å². The zero-order valence-electron chi connectivity index (χ0n) is 17.0. The Hall–Kier alpha value is -3.17. The topological polar surface area (TPSA) is 93.7 Å². The van der Waals surface area contributed by atoms with E-state index >= 15 is 0 Å². The molecule has 2 N–H and O–H groups in total. The number of carbonyl (C=O) groups excluding carboxylic acids is 1. The molecule has 0 saturated heterocycles. The molecule has 3 aromatic rings. The molecular weight excluding hydrogens is 436 g/mol. The van der Waals surface area contributed by atoms with Crippen molar-refractivity contribution < 1.29 is 22.7 Å². The first kappa shape index (κ1) is 22.5. The van der Waals surface area contributed by atoms with E-state index in [1.807, 2.05) is 24.5 Å². The van der Waals surface area contributed by atoms with E-state index in [1.54, 1.807) is 42.1 Å². The van der Waals surface area contributed by atoms with Crippen LogP contribution in [-0.4, -0.2) is 34.3 Å². The number of sulfonamides is 1. The summed E-state index contributed by atoms with van der Waals surface area (Å²) in [6, 6.07) is 19.9. The van der Waals surface area contributed by atoms with Crippen LogP contribution in [0.1, 0.15) is 0 Å². The summed E-state index contributed by atoms with van der Waals surface area (Å²) in [5.41, 5.74) is 1.08. The van der Waals surface area contributed by atoms with Crippen LogP contribution in [0.25, 0.3) is 0 Å². The van der Waals surface area contributed by atoms with Crippen molar-refractivity contribution in [2.24, 2.45) is 0 Å². The first-order valence-electron chi connectivity index (χ1n) is 9.23. The highest BCUT2D eigenvalue weighted by Gasteiger charge is 2.15. The van der Waals surface area contributed by atoms with E-state index in [-0.39, 0.29) is 17.4 Å². The smallest absolute Gasteiger partial charge is 0.262 e. The third-order valence-corrected chi connectivity index (χ3v) is 6.30. The van der Waals surface area contributed by atoms with Crippen LogP contribution < -0.4 is 19.5 Å². The third-order valence-electron chi connectivity index (χ3n) is 4.18. The molecular formula is C22H22N2O5S2. The quantitative estimate of drug-likeness (QED) is 0.466. The monoisotopic (exact) mass is 458 g/mol. The fraction of sp³-hybridized carbons (Fsp3) is 0.136. The normalized spacial score (nSPS) is 10.9. The second-order valence-corrected chi connectivity index (χ2v) is 8.94. The molecule has 1 amide bonds. The van der Waals surface area contributed by atoms with Gasteiger partial charge in [0.15, 0.2) is 6.61 Å². The van der Waals surface area contributed by atoms with Gasteiger partial charge in [0.05, 0.1) is 17.7 Å². The third kappa shape index (κ3) is 6.40. The molecule has 0 unspecified atom stereocenters. The predicted octanol–water partition coefficient (Wildman–Crippen LogP) is 4.24. The average Bonchev–Trinajstić information content (AvgIpc) is 2.78. The molecule has 9 heteroatoms. The second kappa shape index (κ2) is 10.2. The minimum Gasteiger partial charge on any atom is -0.497 e. The maximum atomic E-state index is 12.6. The maximum Gasteiger partial charge on any atom is 0.262 e. The fourth-order valence-electron chi connectivity index (χ4n) is 2.66. The molecule has 3 rings (SSSR count). The number of hydrogen-bond donors (Lipinski definition) is 2. The summed E-state index contributed by atoms with van der Waals surface area (Å²) in [5, 5.41) is 2.77. The van der Waals surface area contributed by atoms with Gasteiger partial charge in [0.25, 0.3) is 15.9 Å². The lowest BCUT2D eigenvalue weighted by Gasteiger charge is -2.11. The van der Waals surface area contributed by atoms with Gasteiger partial charge in [-0.05, 0) is 60.9 Å². The van der Waals surface area contributed by atoms with Crippen molar-refractivity contribution >= 4 is 39.1 Å². The number of benzene rings is 3. The van der Waals surface area contributed by atoms with Gasteiger partial charge in [-0.25, -0.2) is 8.42 Å². The van der Waals surface area contributed by atoms with Gasteiger partial charge in [0.2, 0.25) is 0 Å². The van der Waals surface area contributed by atoms with Crippen LogP contribution in [0, 0.1) is 0 Å². The lowest BCUT2D eigenvalue weighted by Crippen LogP contribution is -2.20. The molecule has 0 aromatic heterocycles. The molecule has 0 aliphatic carbocycles. The molecule has 0 fully saturated rings. The SMILES string of the molecule is COc1cccc(NS(=O)(=O)c2ccc(OCC(=O)Nc3cccc(SC)c3)cc2)c1. The van der Waals surface area contributed by atoms with Crippen molar-refractivity contribution in [1.82, 2.24) is 0 Å². The molecule has 0 radical (unpaired) electrons. The van der Waals surface area contributed by atoms with Gasteiger partial charge in [0.1, 0.15) is 11.5 Å². The van der Waals surface area contributed by atoms with E-state index in [0.717, 1.165) is 4.90 Å². The van der Waals surface area contributed by atoms with E-state index in [4.69, 9.17) is 9.47 Å². The van der Waals surface area contributed by atoms with Crippen molar-refractivity contribution in [2.75, 3.05) is 30.0 Å². The van der Waals surface area contributed by atoms with Gasteiger partial charge in [-0.2, -0.15) is 0 Å². The number of thioether (sulfide) groups is 1. The summed E-state index contributed by atoms with van der Waals surface area (Å²) in [6.45, 7) is -0.197. The van der Waals surface area contributed by atoms with Crippen molar-refractivity contribution in [3.63, 3.8) is 0 Å². The molecule has 7 nitrogen and oxygen atoms in total. The molecule has 31 heavy (non-hydrogen) atoms. The first-order chi connectivity index (χ1) is 14.9. The molecule has 0 bridgehead atoms. The number of nitrogens with one attached hydrogen (secondary N) is 2. The predicted molar refractivity (Wildman–Crippen MR) is 123 cm³/mol. The number of methoxy groups -OCH3 is 1. The highest BCUT2D eigenvalue weighted by Crippen LogP contribution is 2.22. The lowest BCUT2D eigenvalue weighted by atomic mass is 10.3. The Morgan fingerprint density at radius 3 is 2.35 bits per heavy atom. The molecule has 0 atom stereocenters. The summed E-state index contributed by atoms with van der Waals surface area (Å²) in [5.74, 6) is 0.616. The van der Waals surface area contributed by atoms with Gasteiger partial charge in [-0.15, -0.1) is 11.8 Å². The molecule has 3 aromatic carbocycles. The van der Waals surface area contributed by atoms with Crippen LogP contribution in [0.15, 0.2) is 82.6 Å². The molecule has 0 saturated carbocycles. The van der Waals surface area contributed by atoms with Crippen LogP contribution in [0.5, 0.6) is 11.5 Å². The standard InChI is InChI=1S/C22H22N2O5S2/c1-28-19-7-3-6-17(13-19)24-31(26,27)21-11-9-18(10-12-21)29-15-22(25)23-16-5-4-8-20(14-16)30-2/h3-14,24H,15H2,1-2H3,(H,23,25). The van der Waals surface area contributed by atoms with Crippen LogP contribution >= 0.6 is 11.8 Å². The number of anilines is 2. The molecule has 0 heterocycles. The summed E-state index contributed by atoms with van der Waals surface area (Å²) < 4.78 is 38.2. The molecule has 0 aliphatic rings. The number of carbonyl (C=O) groups is 1. The Labute approximate surface area is 185 Å². The van der Waals surface area contributed by atoms with Crippen molar-refractivity contribution in [3.8, 4) is 11.5 Å². The number of hydrogen-bond acceptors (Lipinski definition) is 6. The summed E-state index contributed by atoms with van der Waals surface area (Å²) >= 11 is 1.58. The average molecular weight is 459 g/mol. The first-order valence-corrected chi connectivity index (χ1v) is 11.9. The van der Waals surface area contributed by atoms with Gasteiger partial charge in [-0.1, -0.05) is 12.1 Å². The number of ether oxygens (including phenoxy) is 2. The minimum atomic E-state index is -3.78. The highest BCUT2D eigenvalue weighted by atomic mass is 32.2. The van der Waals surface area contributed by atoms with Gasteiger partial charge < -0.3 is 14.8 Å². The lowest BCUT2D eigenvalue weighted by molar-refractivity contribution is -0.118. The Bertz CT molecular complexity index is 1150. The Morgan fingerprint density at radius 2 is 1.65 bits per heavy atom. The Morgan fingerprint density at radius 1 is 0.935 bits per heavy atom. The Balaban J connectivity index is 1.58. The zero-order valence-corrected chi connectivity index (χ0v) is 18.6. The van der Waals surface area contributed by atoms with Crippen molar-refractivity contribution in [2.45, 2.75) is 9.79 Å². The van der Waals surface area contributed by atoms with E-state index in [0.29, 0.717) is 22.9 Å². The second-order valence-electron chi connectivity index (χ2n) is 6.38. The number of rotatable bonds is 9. The molecule has 0 spiro atoms. The van der Waals surface area contributed by atoms with Crippen LogP contribution in [-0.2, 0) is 14.8 Å². The van der Waals surface area contributed by atoms with Gasteiger partial charge in [0, 0.05) is 16.6 Å². The van der Waals surface area contributed by atoms with E-state index in [1.165, 1.54) is 31.4 Å². The van der Waals surface area contributed by atoms with E-state index < -0.39 is 10.0 Å². The van der Waals surface area contributed by atoms with Crippen molar-refractivity contribution in [3.05, 3.63) is 72.8 Å².